The highest BCUT2D eigenvalue weighted by Gasteiger charge is 2.42. The monoisotopic (exact) mass is 416 g/mol. The highest BCUT2D eigenvalue weighted by molar-refractivity contribution is 5.87. The Bertz CT molecular complexity index is 738. The number of amides is 1. The molecule has 0 aromatic heterocycles. The summed E-state index contributed by atoms with van der Waals surface area (Å²) in [6, 6.07) is 8.69. The van der Waals surface area contributed by atoms with E-state index in [1.807, 2.05) is 30.3 Å². The molecule has 0 radical (unpaired) electrons. The number of benzene rings is 1. The van der Waals surface area contributed by atoms with Gasteiger partial charge in [-0.2, -0.15) is 0 Å². The van der Waals surface area contributed by atoms with E-state index in [4.69, 9.17) is 4.74 Å². The molecule has 1 aromatic rings. The molecule has 164 valence electrons. The van der Waals surface area contributed by atoms with Crippen molar-refractivity contribution in [1.29, 1.82) is 0 Å². The Balaban J connectivity index is 1.73. The smallest absolute Gasteiger partial charge is 0.323 e. The highest BCUT2D eigenvalue weighted by Crippen LogP contribution is 2.36. The number of nitrogens with one attached hydrogen (secondary N) is 1. The Morgan fingerprint density at radius 2 is 1.97 bits per heavy atom. The molecule has 3 rings (SSSR count). The van der Waals surface area contributed by atoms with Gasteiger partial charge in [0.1, 0.15) is 12.6 Å². The molecule has 1 aromatic carbocycles. The van der Waals surface area contributed by atoms with Gasteiger partial charge in [-0.15, -0.1) is 0 Å². The van der Waals surface area contributed by atoms with Gasteiger partial charge in [-0.3, -0.25) is 19.7 Å². The molecule has 0 bridgehead atoms. The van der Waals surface area contributed by atoms with Crippen LogP contribution in [0.4, 0.5) is 0 Å². The lowest BCUT2D eigenvalue weighted by molar-refractivity contribution is -0.149. The van der Waals surface area contributed by atoms with Gasteiger partial charge in [0.05, 0.1) is 12.6 Å². The van der Waals surface area contributed by atoms with E-state index in [1.165, 1.54) is 4.90 Å². The molecule has 1 aliphatic carbocycles. The number of carbonyl (C=O) groups is 3. The average molecular weight is 417 g/mol. The Morgan fingerprint density at radius 3 is 2.67 bits per heavy atom. The number of carboxylic acid groups (broad SMARTS) is 1. The van der Waals surface area contributed by atoms with E-state index < -0.39 is 18.1 Å². The van der Waals surface area contributed by atoms with Crippen molar-refractivity contribution in [3.05, 3.63) is 35.9 Å². The molecule has 2 aliphatic rings. The van der Waals surface area contributed by atoms with Crippen molar-refractivity contribution >= 4 is 17.8 Å². The first-order valence-electron chi connectivity index (χ1n) is 11.0. The Kier molecular flexibility index (Phi) is 7.85. The van der Waals surface area contributed by atoms with Gasteiger partial charge in [-0.1, -0.05) is 36.8 Å². The van der Waals surface area contributed by atoms with E-state index >= 15 is 0 Å². The summed E-state index contributed by atoms with van der Waals surface area (Å²) in [5.74, 6) is -1.23. The number of nitrogens with zero attached hydrogens (tertiary/aromatic N) is 1. The van der Waals surface area contributed by atoms with E-state index in [9.17, 15) is 19.5 Å². The van der Waals surface area contributed by atoms with Crippen LogP contribution in [0.3, 0.4) is 0 Å². The lowest BCUT2D eigenvalue weighted by atomic mass is 9.97. The molecule has 7 heteroatoms. The van der Waals surface area contributed by atoms with E-state index in [0.29, 0.717) is 25.2 Å². The molecule has 1 amide bonds. The minimum atomic E-state index is -0.999. The zero-order valence-corrected chi connectivity index (χ0v) is 17.6. The molecule has 7 nitrogen and oxygen atoms in total. The van der Waals surface area contributed by atoms with Crippen molar-refractivity contribution in [2.45, 2.75) is 70.0 Å². The first-order valence-corrected chi connectivity index (χ1v) is 11.0. The van der Waals surface area contributed by atoms with Crippen LogP contribution in [0.1, 0.15) is 51.0 Å². The van der Waals surface area contributed by atoms with Gasteiger partial charge in [0.25, 0.3) is 0 Å². The third-order valence-electron chi connectivity index (χ3n) is 6.27. The van der Waals surface area contributed by atoms with Gasteiger partial charge >= 0.3 is 11.9 Å². The number of aryl methyl sites for hydroxylation is 1. The van der Waals surface area contributed by atoms with E-state index in [1.54, 1.807) is 6.92 Å². The van der Waals surface area contributed by atoms with Crippen molar-refractivity contribution in [3.8, 4) is 0 Å². The van der Waals surface area contributed by atoms with Crippen LogP contribution in [0.15, 0.2) is 30.3 Å². The molecule has 2 N–H and O–H groups in total. The van der Waals surface area contributed by atoms with Crippen molar-refractivity contribution < 1.29 is 24.2 Å². The van der Waals surface area contributed by atoms with Crippen LogP contribution in [-0.2, 0) is 25.5 Å². The summed E-state index contributed by atoms with van der Waals surface area (Å²) < 4.78 is 5.25. The summed E-state index contributed by atoms with van der Waals surface area (Å²) >= 11 is 0. The Hall–Kier alpha value is -2.41. The predicted octanol–water partition coefficient (Wildman–Crippen LogP) is 2.38. The number of fused-ring (bicyclic) bond motifs is 1. The molecule has 1 unspecified atom stereocenters. The first kappa shape index (κ1) is 22.3. The lowest BCUT2D eigenvalue weighted by Crippen LogP contribution is -2.54. The summed E-state index contributed by atoms with van der Waals surface area (Å²) in [5.41, 5.74) is 1.11. The summed E-state index contributed by atoms with van der Waals surface area (Å²) in [6.07, 6.45) is 5.57. The SMILES string of the molecule is CCOC(=O)[C@H](CCc1ccccc1)N[C@H]1CCC2CCC[C@@H]2N(CC(=O)O)C1=O. The van der Waals surface area contributed by atoms with E-state index in [0.717, 1.165) is 31.2 Å². The molecule has 30 heavy (non-hydrogen) atoms. The van der Waals surface area contributed by atoms with Crippen LogP contribution in [0.5, 0.6) is 0 Å². The molecule has 0 spiro atoms. The van der Waals surface area contributed by atoms with Crippen molar-refractivity contribution in [1.82, 2.24) is 10.2 Å². The Labute approximate surface area is 177 Å². The Morgan fingerprint density at radius 1 is 1.20 bits per heavy atom. The summed E-state index contributed by atoms with van der Waals surface area (Å²) in [7, 11) is 0. The van der Waals surface area contributed by atoms with Crippen LogP contribution in [-0.4, -0.2) is 59.1 Å². The van der Waals surface area contributed by atoms with Gasteiger partial charge in [-0.05, 0) is 56.9 Å². The van der Waals surface area contributed by atoms with Crippen LogP contribution in [0.25, 0.3) is 0 Å². The van der Waals surface area contributed by atoms with Crippen molar-refractivity contribution in [3.63, 3.8) is 0 Å². The second kappa shape index (κ2) is 10.6. The molecule has 1 saturated heterocycles. The number of aliphatic carboxylic acids is 1. The molecule has 1 aliphatic heterocycles. The van der Waals surface area contributed by atoms with Crippen LogP contribution >= 0.6 is 0 Å². The zero-order chi connectivity index (χ0) is 21.5. The van der Waals surface area contributed by atoms with Crippen LogP contribution in [0, 0.1) is 5.92 Å². The number of esters is 1. The van der Waals surface area contributed by atoms with Gasteiger partial charge in [-0.25, -0.2) is 0 Å². The fourth-order valence-electron chi connectivity index (χ4n) is 4.84. The van der Waals surface area contributed by atoms with Crippen molar-refractivity contribution in [2.75, 3.05) is 13.2 Å². The normalized spacial score (nSPS) is 24.8. The lowest BCUT2D eigenvalue weighted by Gasteiger charge is -2.31. The molecule has 1 heterocycles. The van der Waals surface area contributed by atoms with E-state index in [2.05, 4.69) is 5.32 Å². The van der Waals surface area contributed by atoms with Gasteiger partial charge in [0.2, 0.25) is 5.91 Å². The number of ether oxygens (including phenoxy) is 1. The number of hydrogen-bond acceptors (Lipinski definition) is 5. The third-order valence-corrected chi connectivity index (χ3v) is 6.27. The topological polar surface area (TPSA) is 95.9 Å². The standard InChI is InChI=1S/C23H32N2O5/c1-2-30-23(29)19(13-11-16-7-4-3-5-8-16)24-18-14-12-17-9-6-10-20(17)25(22(18)28)15-21(26)27/h3-5,7-8,17-20,24H,2,6,9-15H2,1H3,(H,26,27)/t17?,18-,19-,20-/m0/s1. The number of rotatable bonds is 9. The van der Waals surface area contributed by atoms with Gasteiger partial charge < -0.3 is 14.7 Å². The largest absolute Gasteiger partial charge is 0.480 e. The average Bonchev–Trinajstić information content (AvgIpc) is 3.16. The van der Waals surface area contributed by atoms with Crippen molar-refractivity contribution in [2.24, 2.45) is 5.92 Å². The maximum atomic E-state index is 13.3. The highest BCUT2D eigenvalue weighted by atomic mass is 16.5. The number of carbonyl (C=O) groups excluding carboxylic acids is 2. The number of hydrogen-bond donors (Lipinski definition) is 2. The molecular weight excluding hydrogens is 384 g/mol. The van der Waals surface area contributed by atoms with Gasteiger partial charge in [0.15, 0.2) is 0 Å². The predicted molar refractivity (Wildman–Crippen MR) is 112 cm³/mol. The maximum absolute atomic E-state index is 13.3. The van der Waals surface area contributed by atoms with Crippen LogP contribution in [0.2, 0.25) is 0 Å². The fourth-order valence-corrected chi connectivity index (χ4v) is 4.84. The first-order chi connectivity index (χ1) is 14.5. The molecule has 1 saturated carbocycles. The molecule has 2 fully saturated rings. The summed E-state index contributed by atoms with van der Waals surface area (Å²) in [6.45, 7) is 1.75. The quantitative estimate of drug-likeness (QED) is 0.600. The minimum Gasteiger partial charge on any atom is -0.480 e. The van der Waals surface area contributed by atoms with Crippen LogP contribution < -0.4 is 5.32 Å². The fraction of sp³-hybridized carbons (Fsp3) is 0.609. The summed E-state index contributed by atoms with van der Waals surface area (Å²) in [5, 5.41) is 12.6. The summed E-state index contributed by atoms with van der Waals surface area (Å²) in [4.78, 5) is 38.8. The number of carboxylic acids is 1. The number of likely N-dealkylation sites (tertiary alicyclic amines) is 1. The second-order valence-electron chi connectivity index (χ2n) is 8.24. The molecule has 4 atom stereocenters. The zero-order valence-electron chi connectivity index (χ0n) is 17.6. The maximum Gasteiger partial charge on any atom is 0.323 e. The minimum absolute atomic E-state index is 0.00855. The van der Waals surface area contributed by atoms with Gasteiger partial charge in [0, 0.05) is 6.04 Å². The molecular formula is C23H32N2O5. The van der Waals surface area contributed by atoms with E-state index in [-0.39, 0.29) is 31.1 Å². The second-order valence-corrected chi connectivity index (χ2v) is 8.24. The third kappa shape index (κ3) is 5.59.